The summed E-state index contributed by atoms with van der Waals surface area (Å²) in [5.74, 6) is 1.31. The molecule has 1 rings (SSSR count). The van der Waals surface area contributed by atoms with E-state index in [2.05, 4.69) is 40.1 Å². The maximum absolute atomic E-state index is 11.7. The highest BCUT2D eigenvalue weighted by molar-refractivity contribution is 14.0. The summed E-state index contributed by atoms with van der Waals surface area (Å²) in [6.07, 6.45) is 0.737. The molecule has 1 atom stereocenters. The van der Waals surface area contributed by atoms with Crippen LogP contribution in [0, 0.1) is 0 Å². The van der Waals surface area contributed by atoms with E-state index in [1.807, 2.05) is 6.92 Å². The molecule has 1 aromatic heterocycles. The fourth-order valence-corrected chi connectivity index (χ4v) is 3.73. The second kappa shape index (κ2) is 12.9. The van der Waals surface area contributed by atoms with Gasteiger partial charge in [-0.15, -0.1) is 35.3 Å². The lowest BCUT2D eigenvalue weighted by atomic mass is 10.1. The normalized spacial score (nSPS) is 13.4. The minimum Gasteiger partial charge on any atom is -0.357 e. The Morgan fingerprint density at radius 3 is 2.64 bits per heavy atom. The molecule has 146 valence electrons. The van der Waals surface area contributed by atoms with Crippen LogP contribution in [-0.4, -0.2) is 57.7 Å². The third kappa shape index (κ3) is 9.20. The molecule has 9 heteroatoms. The Morgan fingerprint density at radius 2 is 2.08 bits per heavy atom. The summed E-state index contributed by atoms with van der Waals surface area (Å²) in [5.41, 5.74) is 0. The number of nitrogens with zero attached hydrogens (tertiary/aromatic N) is 2. The van der Waals surface area contributed by atoms with E-state index in [1.54, 1.807) is 25.3 Å². The van der Waals surface area contributed by atoms with Crippen LogP contribution >= 0.6 is 35.3 Å². The van der Waals surface area contributed by atoms with Gasteiger partial charge in [0.25, 0.3) is 0 Å². The minimum absolute atomic E-state index is 0. The average Bonchev–Trinajstić information content (AvgIpc) is 3.10. The smallest absolute Gasteiger partial charge is 0.213 e. The Labute approximate surface area is 173 Å². The average molecular weight is 502 g/mol. The van der Waals surface area contributed by atoms with Crippen molar-refractivity contribution < 1.29 is 8.42 Å². The van der Waals surface area contributed by atoms with Gasteiger partial charge < -0.3 is 10.6 Å². The Bertz CT molecular complexity index is 591. The van der Waals surface area contributed by atoms with Crippen molar-refractivity contribution >= 4 is 51.3 Å². The second-order valence-corrected chi connectivity index (χ2v) is 8.98. The third-order valence-electron chi connectivity index (χ3n) is 3.68. The van der Waals surface area contributed by atoms with Crippen molar-refractivity contribution in [1.82, 2.24) is 14.9 Å². The lowest BCUT2D eigenvalue weighted by molar-refractivity contribution is 0.461. The van der Waals surface area contributed by atoms with Crippen molar-refractivity contribution in [2.75, 3.05) is 39.0 Å². The van der Waals surface area contributed by atoms with E-state index < -0.39 is 10.0 Å². The number of nitrogens with one attached hydrogen (secondary N) is 2. The van der Waals surface area contributed by atoms with Gasteiger partial charge in [-0.3, -0.25) is 4.99 Å². The van der Waals surface area contributed by atoms with E-state index >= 15 is 0 Å². The van der Waals surface area contributed by atoms with Gasteiger partial charge in [-0.25, -0.2) is 12.7 Å². The first-order valence-corrected chi connectivity index (χ1v) is 10.9. The van der Waals surface area contributed by atoms with Crippen LogP contribution in [0.1, 0.15) is 38.0 Å². The molecule has 0 aliphatic heterocycles. The number of halogens is 1. The first kappa shape index (κ1) is 24.6. The van der Waals surface area contributed by atoms with Crippen LogP contribution in [0.3, 0.4) is 0 Å². The molecule has 0 aromatic carbocycles. The number of sulfonamides is 1. The number of aliphatic imine (C=N–C) groups is 1. The molecule has 0 saturated heterocycles. The van der Waals surface area contributed by atoms with Crippen LogP contribution in [0.5, 0.6) is 0 Å². The molecule has 0 radical (unpaired) electrons. The van der Waals surface area contributed by atoms with E-state index in [0.29, 0.717) is 19.0 Å². The predicted octanol–water partition coefficient (Wildman–Crippen LogP) is 2.70. The lowest BCUT2D eigenvalue weighted by Crippen LogP contribution is -2.39. The fourth-order valence-electron chi connectivity index (χ4n) is 2.10. The van der Waals surface area contributed by atoms with Crippen LogP contribution in [0.25, 0.3) is 0 Å². The molecule has 1 aromatic rings. The van der Waals surface area contributed by atoms with Crippen LogP contribution in [0.15, 0.2) is 22.5 Å². The monoisotopic (exact) mass is 502 g/mol. The van der Waals surface area contributed by atoms with Crippen molar-refractivity contribution in [3.05, 3.63) is 22.4 Å². The fraction of sp³-hybridized carbons (Fsp3) is 0.688. The van der Waals surface area contributed by atoms with E-state index in [1.165, 1.54) is 9.18 Å². The van der Waals surface area contributed by atoms with Crippen LogP contribution in [-0.2, 0) is 10.0 Å². The van der Waals surface area contributed by atoms with Crippen molar-refractivity contribution in [3.8, 4) is 0 Å². The van der Waals surface area contributed by atoms with Crippen molar-refractivity contribution in [3.63, 3.8) is 0 Å². The predicted molar refractivity (Wildman–Crippen MR) is 119 cm³/mol. The molecule has 2 N–H and O–H groups in total. The van der Waals surface area contributed by atoms with Crippen LogP contribution in [0.4, 0.5) is 0 Å². The van der Waals surface area contributed by atoms with E-state index in [0.717, 1.165) is 25.5 Å². The van der Waals surface area contributed by atoms with Crippen LogP contribution < -0.4 is 10.6 Å². The lowest BCUT2D eigenvalue weighted by Gasteiger charge is -2.17. The Morgan fingerprint density at radius 1 is 1.36 bits per heavy atom. The van der Waals surface area contributed by atoms with Gasteiger partial charge in [0, 0.05) is 37.5 Å². The Balaban J connectivity index is 0.00000576. The van der Waals surface area contributed by atoms with Crippen molar-refractivity contribution in [2.45, 2.75) is 33.1 Å². The summed E-state index contributed by atoms with van der Waals surface area (Å²) in [6, 6.07) is 4.19. The maximum Gasteiger partial charge on any atom is 0.213 e. The molecular weight excluding hydrogens is 471 g/mol. The van der Waals surface area contributed by atoms with E-state index in [9.17, 15) is 8.42 Å². The van der Waals surface area contributed by atoms with Gasteiger partial charge in [0.1, 0.15) is 0 Å². The highest BCUT2D eigenvalue weighted by atomic mass is 127. The largest absolute Gasteiger partial charge is 0.357 e. The van der Waals surface area contributed by atoms with Crippen molar-refractivity contribution in [1.29, 1.82) is 0 Å². The first-order chi connectivity index (χ1) is 11.4. The number of hydrogen-bond acceptors (Lipinski definition) is 4. The summed E-state index contributed by atoms with van der Waals surface area (Å²) in [5, 5.41) is 8.57. The molecule has 0 bridgehead atoms. The SMILES string of the molecule is CCNC(=NCC(C)c1cccs1)NCCCN(C)S(=O)(=O)CC.I. The summed E-state index contributed by atoms with van der Waals surface area (Å²) in [4.78, 5) is 5.95. The molecular formula is C16H31IN4O2S2. The van der Waals surface area contributed by atoms with Gasteiger partial charge >= 0.3 is 0 Å². The number of hydrogen-bond donors (Lipinski definition) is 2. The van der Waals surface area contributed by atoms with Gasteiger partial charge in [0.05, 0.1) is 12.3 Å². The van der Waals surface area contributed by atoms with Gasteiger partial charge in [-0.1, -0.05) is 13.0 Å². The zero-order valence-corrected chi connectivity index (χ0v) is 19.5. The topological polar surface area (TPSA) is 73.8 Å². The van der Waals surface area contributed by atoms with Gasteiger partial charge in [-0.05, 0) is 31.7 Å². The molecule has 0 spiro atoms. The Hall–Kier alpha value is -0.390. The van der Waals surface area contributed by atoms with E-state index in [4.69, 9.17) is 0 Å². The molecule has 1 heterocycles. The summed E-state index contributed by atoms with van der Waals surface area (Å²) in [6.45, 7) is 8.57. The van der Waals surface area contributed by atoms with Gasteiger partial charge in [0.15, 0.2) is 5.96 Å². The maximum atomic E-state index is 11.7. The molecule has 0 aliphatic carbocycles. The molecule has 6 nitrogen and oxygen atoms in total. The molecule has 0 amide bonds. The van der Waals surface area contributed by atoms with Gasteiger partial charge in [0.2, 0.25) is 10.0 Å². The number of rotatable bonds is 10. The molecule has 25 heavy (non-hydrogen) atoms. The first-order valence-electron chi connectivity index (χ1n) is 8.40. The third-order valence-corrected chi connectivity index (χ3v) is 6.64. The quantitative estimate of drug-likeness (QED) is 0.223. The minimum atomic E-state index is -3.09. The van der Waals surface area contributed by atoms with E-state index in [-0.39, 0.29) is 29.7 Å². The number of guanidine groups is 1. The molecule has 0 fully saturated rings. The molecule has 0 saturated carbocycles. The summed E-state index contributed by atoms with van der Waals surface area (Å²) in [7, 11) is -1.47. The molecule has 0 aliphatic rings. The molecule has 1 unspecified atom stereocenters. The Kier molecular flexibility index (Phi) is 12.7. The van der Waals surface area contributed by atoms with Crippen molar-refractivity contribution in [2.24, 2.45) is 4.99 Å². The standard InChI is InChI=1S/C16H30N4O2S2.HI/c1-5-17-16(19-13-14(3)15-9-7-12-23-15)18-10-8-11-20(4)24(21,22)6-2;/h7,9,12,14H,5-6,8,10-11,13H2,1-4H3,(H2,17,18,19);1H. The highest BCUT2D eigenvalue weighted by Gasteiger charge is 2.14. The summed E-state index contributed by atoms with van der Waals surface area (Å²) >= 11 is 1.75. The highest BCUT2D eigenvalue weighted by Crippen LogP contribution is 2.20. The van der Waals surface area contributed by atoms with Gasteiger partial charge in [-0.2, -0.15) is 0 Å². The summed E-state index contributed by atoms with van der Waals surface area (Å²) < 4.78 is 24.8. The second-order valence-electron chi connectivity index (χ2n) is 5.64. The number of thiophene rings is 1. The van der Waals surface area contributed by atoms with Crippen LogP contribution in [0.2, 0.25) is 0 Å². The zero-order chi connectivity index (χ0) is 18.0. The zero-order valence-electron chi connectivity index (χ0n) is 15.5.